The monoisotopic (exact) mass is 267 g/mol. The molecule has 0 heterocycles. The number of hydrogen-bond acceptors (Lipinski definition) is 1. The Bertz CT molecular complexity index is 373. The zero-order valence-corrected chi connectivity index (χ0v) is 12.1. The molecule has 1 amide bonds. The van der Waals surface area contributed by atoms with Gasteiger partial charge in [-0.25, -0.2) is 0 Å². The molecule has 3 heteroatoms. The number of hydrogen-bond donors (Lipinski definition) is 1. The minimum atomic E-state index is 0.0774. The van der Waals surface area contributed by atoms with Gasteiger partial charge < -0.3 is 5.32 Å². The van der Waals surface area contributed by atoms with Crippen LogP contribution in [0.4, 0.5) is 0 Å². The van der Waals surface area contributed by atoms with Crippen molar-refractivity contribution in [2.45, 2.75) is 46.1 Å². The van der Waals surface area contributed by atoms with Crippen molar-refractivity contribution in [2.24, 2.45) is 5.92 Å². The second-order valence-electron chi connectivity index (χ2n) is 5.24. The van der Waals surface area contributed by atoms with Crippen LogP contribution in [0, 0.1) is 5.92 Å². The molecule has 2 nitrogen and oxygen atoms in total. The van der Waals surface area contributed by atoms with Gasteiger partial charge >= 0.3 is 0 Å². The lowest BCUT2D eigenvalue weighted by atomic mass is 10.0. The lowest BCUT2D eigenvalue weighted by molar-refractivity contribution is -0.121. The fourth-order valence-electron chi connectivity index (χ4n) is 1.77. The van der Waals surface area contributed by atoms with E-state index < -0.39 is 0 Å². The van der Waals surface area contributed by atoms with Crippen molar-refractivity contribution in [2.75, 3.05) is 0 Å². The first kappa shape index (κ1) is 15.0. The topological polar surface area (TPSA) is 29.1 Å². The van der Waals surface area contributed by atoms with E-state index in [4.69, 9.17) is 11.6 Å². The second-order valence-corrected chi connectivity index (χ2v) is 5.68. The molecule has 0 radical (unpaired) electrons. The molecule has 0 aliphatic carbocycles. The number of rotatable bonds is 6. The lowest BCUT2D eigenvalue weighted by Gasteiger charge is -2.15. The van der Waals surface area contributed by atoms with Crippen molar-refractivity contribution in [3.63, 3.8) is 0 Å². The van der Waals surface area contributed by atoms with Gasteiger partial charge in [0.1, 0.15) is 0 Å². The smallest absolute Gasteiger partial charge is 0.224 e. The van der Waals surface area contributed by atoms with Gasteiger partial charge in [0.25, 0.3) is 0 Å². The highest BCUT2D eigenvalue weighted by Gasteiger charge is 2.08. The van der Waals surface area contributed by atoms with Gasteiger partial charge in [0.2, 0.25) is 5.91 Å². The van der Waals surface area contributed by atoms with E-state index in [1.807, 2.05) is 24.3 Å². The molecule has 1 aromatic carbocycles. The van der Waals surface area contributed by atoms with Crippen molar-refractivity contribution >= 4 is 17.5 Å². The first-order chi connectivity index (χ1) is 8.47. The zero-order valence-electron chi connectivity index (χ0n) is 11.4. The summed E-state index contributed by atoms with van der Waals surface area (Å²) >= 11 is 5.80. The highest BCUT2D eigenvalue weighted by atomic mass is 35.5. The molecule has 0 saturated heterocycles. The molecule has 0 aromatic heterocycles. The Balaban J connectivity index is 2.34. The van der Waals surface area contributed by atoms with Crippen LogP contribution < -0.4 is 5.32 Å². The van der Waals surface area contributed by atoms with Crippen LogP contribution in [0.5, 0.6) is 0 Å². The maximum absolute atomic E-state index is 11.8. The van der Waals surface area contributed by atoms with E-state index in [-0.39, 0.29) is 11.9 Å². The average Bonchev–Trinajstić information content (AvgIpc) is 2.29. The number of benzene rings is 1. The predicted octanol–water partition coefficient (Wildman–Crippen LogP) is 3.82. The van der Waals surface area contributed by atoms with Crippen molar-refractivity contribution in [1.82, 2.24) is 5.32 Å². The number of carbonyl (C=O) groups excluding carboxylic acids is 1. The van der Waals surface area contributed by atoms with Crippen molar-refractivity contribution in [3.05, 3.63) is 34.9 Å². The zero-order chi connectivity index (χ0) is 13.5. The molecule has 0 fully saturated rings. The summed E-state index contributed by atoms with van der Waals surface area (Å²) in [5.41, 5.74) is 0.993. The van der Waals surface area contributed by atoms with E-state index in [0.717, 1.165) is 18.4 Å². The third-order valence-corrected chi connectivity index (χ3v) is 3.11. The molecular weight excluding hydrogens is 246 g/mol. The predicted molar refractivity (Wildman–Crippen MR) is 76.8 cm³/mol. The number of amides is 1. The third-order valence-electron chi connectivity index (χ3n) is 2.86. The minimum absolute atomic E-state index is 0.0774. The maximum atomic E-state index is 11.8. The van der Waals surface area contributed by atoms with Gasteiger partial charge in [-0.05, 0) is 43.4 Å². The lowest BCUT2D eigenvalue weighted by Crippen LogP contribution is -2.33. The summed E-state index contributed by atoms with van der Waals surface area (Å²) in [6.45, 7) is 6.45. The Hall–Kier alpha value is -1.02. The number of halogens is 1. The molecule has 0 saturated carbocycles. The van der Waals surface area contributed by atoms with Crippen LogP contribution in [-0.2, 0) is 11.2 Å². The van der Waals surface area contributed by atoms with Crippen LogP contribution in [0.25, 0.3) is 0 Å². The van der Waals surface area contributed by atoms with Crippen molar-refractivity contribution in [1.29, 1.82) is 0 Å². The number of carbonyl (C=O) groups is 1. The maximum Gasteiger partial charge on any atom is 0.224 e. The molecule has 1 rings (SSSR count). The van der Waals surface area contributed by atoms with E-state index in [1.54, 1.807) is 0 Å². The van der Waals surface area contributed by atoms with E-state index in [9.17, 15) is 4.79 Å². The van der Waals surface area contributed by atoms with Crippen LogP contribution in [0.1, 0.15) is 39.2 Å². The van der Waals surface area contributed by atoms with Crippen molar-refractivity contribution < 1.29 is 4.79 Å². The molecule has 0 spiro atoms. The van der Waals surface area contributed by atoms with Gasteiger partial charge in [0.05, 0.1) is 6.42 Å². The fraction of sp³-hybridized carbons (Fsp3) is 0.533. The summed E-state index contributed by atoms with van der Waals surface area (Å²) in [6, 6.07) is 7.65. The van der Waals surface area contributed by atoms with Crippen LogP contribution in [0.2, 0.25) is 5.02 Å². The summed E-state index contributed by atoms with van der Waals surface area (Å²) in [6.07, 6.45) is 2.59. The Morgan fingerprint density at radius 2 is 1.78 bits per heavy atom. The molecule has 1 aromatic rings. The van der Waals surface area contributed by atoms with Gasteiger partial charge in [0.15, 0.2) is 0 Å². The first-order valence-corrected chi connectivity index (χ1v) is 6.89. The molecule has 0 aliphatic heterocycles. The molecule has 1 N–H and O–H groups in total. The summed E-state index contributed by atoms with van der Waals surface area (Å²) in [5, 5.41) is 3.72. The Morgan fingerprint density at radius 1 is 1.17 bits per heavy atom. The van der Waals surface area contributed by atoms with Crippen LogP contribution >= 0.6 is 11.6 Å². The standard InChI is InChI=1S/C15H22ClNO/c1-11(2)4-5-12(3)17-15(18)10-13-6-8-14(16)9-7-13/h6-9,11-12H,4-5,10H2,1-3H3,(H,17,18). The molecular formula is C15H22ClNO. The summed E-state index contributed by atoms with van der Waals surface area (Å²) in [7, 11) is 0. The van der Waals surface area contributed by atoms with Crippen molar-refractivity contribution in [3.8, 4) is 0 Å². The van der Waals surface area contributed by atoms with E-state index >= 15 is 0 Å². The molecule has 0 bridgehead atoms. The highest BCUT2D eigenvalue weighted by molar-refractivity contribution is 6.30. The molecule has 1 unspecified atom stereocenters. The SMILES string of the molecule is CC(C)CCC(C)NC(=O)Cc1ccc(Cl)cc1. The molecule has 18 heavy (non-hydrogen) atoms. The Labute approximate surface area is 115 Å². The van der Waals surface area contributed by atoms with E-state index in [1.165, 1.54) is 0 Å². The Morgan fingerprint density at radius 3 is 2.33 bits per heavy atom. The van der Waals surface area contributed by atoms with Gasteiger partial charge in [0, 0.05) is 11.1 Å². The van der Waals surface area contributed by atoms with Gasteiger partial charge in [-0.3, -0.25) is 4.79 Å². The van der Waals surface area contributed by atoms with Gasteiger partial charge in [-0.15, -0.1) is 0 Å². The normalized spacial score (nSPS) is 12.5. The van der Waals surface area contributed by atoms with Crippen LogP contribution in [0.15, 0.2) is 24.3 Å². The quantitative estimate of drug-likeness (QED) is 0.834. The second kappa shape index (κ2) is 7.42. The average molecular weight is 268 g/mol. The number of nitrogens with one attached hydrogen (secondary N) is 1. The third kappa shape index (κ3) is 6.06. The highest BCUT2D eigenvalue weighted by Crippen LogP contribution is 2.10. The van der Waals surface area contributed by atoms with Gasteiger partial charge in [-0.1, -0.05) is 37.6 Å². The van der Waals surface area contributed by atoms with Gasteiger partial charge in [-0.2, -0.15) is 0 Å². The minimum Gasteiger partial charge on any atom is -0.353 e. The van der Waals surface area contributed by atoms with Crippen LogP contribution in [-0.4, -0.2) is 11.9 Å². The summed E-state index contributed by atoms with van der Waals surface area (Å²) in [5.74, 6) is 0.759. The molecule has 0 aliphatic rings. The molecule has 100 valence electrons. The molecule has 1 atom stereocenters. The van der Waals surface area contributed by atoms with E-state index in [0.29, 0.717) is 17.4 Å². The summed E-state index contributed by atoms with van der Waals surface area (Å²) < 4.78 is 0. The Kier molecular flexibility index (Phi) is 6.20. The van der Waals surface area contributed by atoms with Crippen LogP contribution in [0.3, 0.4) is 0 Å². The summed E-state index contributed by atoms with van der Waals surface area (Å²) in [4.78, 5) is 11.8. The fourth-order valence-corrected chi connectivity index (χ4v) is 1.89. The van der Waals surface area contributed by atoms with E-state index in [2.05, 4.69) is 26.1 Å². The largest absolute Gasteiger partial charge is 0.353 e. The first-order valence-electron chi connectivity index (χ1n) is 6.51.